The number of halogens is 1. The van der Waals surface area contributed by atoms with E-state index in [0.717, 1.165) is 11.3 Å². The summed E-state index contributed by atoms with van der Waals surface area (Å²) in [6.45, 7) is 0.456. The quantitative estimate of drug-likeness (QED) is 0.898. The van der Waals surface area contributed by atoms with Crippen molar-refractivity contribution in [3.63, 3.8) is 0 Å². The molecule has 0 fully saturated rings. The average molecular weight is 275 g/mol. The van der Waals surface area contributed by atoms with Crippen molar-refractivity contribution in [2.45, 2.75) is 6.54 Å². The molecular weight excluding hydrogens is 260 g/mol. The van der Waals surface area contributed by atoms with Gasteiger partial charge >= 0.3 is 0 Å². The number of carbonyl (C=O) groups excluding carboxylic acids is 1. The van der Waals surface area contributed by atoms with Gasteiger partial charge in [0.05, 0.1) is 5.56 Å². The van der Waals surface area contributed by atoms with Gasteiger partial charge in [-0.05, 0) is 29.8 Å². The minimum Gasteiger partial charge on any atom is -0.387 e. The van der Waals surface area contributed by atoms with Crippen molar-refractivity contribution in [1.82, 2.24) is 5.32 Å². The highest BCUT2D eigenvalue weighted by Crippen LogP contribution is 2.14. The molecule has 0 aliphatic heterocycles. The first kappa shape index (κ1) is 13.4. The summed E-state index contributed by atoms with van der Waals surface area (Å²) in [4.78, 5) is 12.1. The fourth-order valence-electron chi connectivity index (χ4n) is 1.82. The standard InChI is InChI=1S/C15H15ClN2O/c1-17-14-8-3-2-7-13(14)15(19)18-10-11-5-4-6-12(16)9-11/h2-9,17H,10H2,1H3,(H,18,19). The molecule has 0 bridgehead atoms. The Bertz CT molecular complexity index is 584. The molecule has 2 aromatic rings. The average Bonchev–Trinajstić information content (AvgIpc) is 2.45. The summed E-state index contributed by atoms with van der Waals surface area (Å²) in [5.74, 6) is -0.107. The number of para-hydroxylation sites is 1. The van der Waals surface area contributed by atoms with Crippen molar-refractivity contribution < 1.29 is 4.79 Å². The predicted molar refractivity (Wildman–Crippen MR) is 78.6 cm³/mol. The van der Waals surface area contributed by atoms with Crippen molar-refractivity contribution in [3.8, 4) is 0 Å². The molecule has 1 amide bonds. The number of nitrogens with one attached hydrogen (secondary N) is 2. The molecule has 0 heterocycles. The van der Waals surface area contributed by atoms with Crippen LogP contribution in [0.1, 0.15) is 15.9 Å². The van der Waals surface area contributed by atoms with E-state index >= 15 is 0 Å². The van der Waals surface area contributed by atoms with Gasteiger partial charge in [0.25, 0.3) is 5.91 Å². The second-order valence-electron chi connectivity index (χ2n) is 4.11. The topological polar surface area (TPSA) is 41.1 Å². The van der Waals surface area contributed by atoms with Gasteiger partial charge in [-0.1, -0.05) is 35.9 Å². The SMILES string of the molecule is CNc1ccccc1C(=O)NCc1cccc(Cl)c1. The summed E-state index contributed by atoms with van der Waals surface area (Å²) in [5.41, 5.74) is 2.42. The summed E-state index contributed by atoms with van der Waals surface area (Å²) in [7, 11) is 1.79. The number of benzene rings is 2. The number of amides is 1. The summed E-state index contributed by atoms with van der Waals surface area (Å²) in [6.07, 6.45) is 0. The number of carbonyl (C=O) groups is 1. The summed E-state index contributed by atoms with van der Waals surface area (Å²) >= 11 is 5.90. The van der Waals surface area contributed by atoms with Crippen LogP contribution in [-0.2, 0) is 6.54 Å². The zero-order valence-electron chi connectivity index (χ0n) is 10.6. The Morgan fingerprint density at radius 2 is 1.95 bits per heavy atom. The normalized spacial score (nSPS) is 10.0. The van der Waals surface area contributed by atoms with Gasteiger partial charge in [-0.2, -0.15) is 0 Å². The van der Waals surface area contributed by atoms with Crippen LogP contribution >= 0.6 is 11.6 Å². The molecule has 0 aromatic heterocycles. The largest absolute Gasteiger partial charge is 0.387 e. The minimum atomic E-state index is -0.107. The summed E-state index contributed by atoms with van der Waals surface area (Å²) < 4.78 is 0. The second kappa shape index (κ2) is 6.25. The lowest BCUT2D eigenvalue weighted by Gasteiger charge is -2.09. The van der Waals surface area contributed by atoms with Gasteiger partial charge in [-0.25, -0.2) is 0 Å². The second-order valence-corrected chi connectivity index (χ2v) is 4.54. The van der Waals surface area contributed by atoms with E-state index in [-0.39, 0.29) is 5.91 Å². The van der Waals surface area contributed by atoms with E-state index in [1.54, 1.807) is 13.1 Å². The molecule has 0 spiro atoms. The Hall–Kier alpha value is -2.00. The van der Waals surface area contributed by atoms with Gasteiger partial charge in [0.1, 0.15) is 0 Å². The van der Waals surface area contributed by atoms with Crippen molar-refractivity contribution >= 4 is 23.2 Å². The van der Waals surface area contributed by atoms with Gasteiger partial charge < -0.3 is 10.6 Å². The van der Waals surface area contributed by atoms with Gasteiger partial charge in [0, 0.05) is 24.3 Å². The van der Waals surface area contributed by atoms with E-state index in [4.69, 9.17) is 11.6 Å². The van der Waals surface area contributed by atoms with Crippen molar-refractivity contribution in [2.75, 3.05) is 12.4 Å². The number of hydrogen-bond acceptors (Lipinski definition) is 2. The highest BCUT2D eigenvalue weighted by molar-refractivity contribution is 6.30. The zero-order valence-corrected chi connectivity index (χ0v) is 11.4. The lowest BCUT2D eigenvalue weighted by atomic mass is 10.1. The van der Waals surface area contributed by atoms with Crippen LogP contribution in [0.2, 0.25) is 5.02 Å². The van der Waals surface area contributed by atoms with Crippen LogP contribution in [0.4, 0.5) is 5.69 Å². The van der Waals surface area contributed by atoms with Crippen molar-refractivity contribution in [2.24, 2.45) is 0 Å². The molecule has 98 valence electrons. The van der Waals surface area contributed by atoms with E-state index < -0.39 is 0 Å². The van der Waals surface area contributed by atoms with Crippen LogP contribution < -0.4 is 10.6 Å². The third-order valence-electron chi connectivity index (χ3n) is 2.78. The first-order valence-electron chi connectivity index (χ1n) is 6.00. The molecule has 2 aromatic carbocycles. The van der Waals surface area contributed by atoms with Crippen molar-refractivity contribution in [3.05, 3.63) is 64.7 Å². The Labute approximate surface area is 117 Å². The number of rotatable bonds is 4. The van der Waals surface area contributed by atoms with E-state index in [9.17, 15) is 4.79 Å². The summed E-state index contributed by atoms with van der Waals surface area (Å²) in [5, 5.41) is 6.55. The highest BCUT2D eigenvalue weighted by atomic mass is 35.5. The molecule has 3 nitrogen and oxygen atoms in total. The number of hydrogen-bond donors (Lipinski definition) is 2. The number of anilines is 1. The smallest absolute Gasteiger partial charge is 0.253 e. The highest BCUT2D eigenvalue weighted by Gasteiger charge is 2.09. The Morgan fingerprint density at radius 1 is 1.16 bits per heavy atom. The van der Waals surface area contributed by atoms with E-state index in [1.165, 1.54) is 0 Å². The zero-order chi connectivity index (χ0) is 13.7. The van der Waals surface area contributed by atoms with E-state index in [2.05, 4.69) is 10.6 Å². The van der Waals surface area contributed by atoms with Crippen molar-refractivity contribution in [1.29, 1.82) is 0 Å². The molecule has 4 heteroatoms. The molecule has 0 unspecified atom stereocenters. The fourth-order valence-corrected chi connectivity index (χ4v) is 2.04. The van der Waals surface area contributed by atoms with E-state index in [0.29, 0.717) is 17.1 Å². The minimum absolute atomic E-state index is 0.107. The molecular formula is C15H15ClN2O. The molecule has 0 aliphatic rings. The molecule has 2 N–H and O–H groups in total. The van der Waals surface area contributed by atoms with Crippen LogP contribution in [0.3, 0.4) is 0 Å². The molecule has 19 heavy (non-hydrogen) atoms. The Kier molecular flexibility index (Phi) is 4.42. The third-order valence-corrected chi connectivity index (χ3v) is 3.02. The van der Waals surface area contributed by atoms with Gasteiger partial charge in [-0.3, -0.25) is 4.79 Å². The fraction of sp³-hybridized carbons (Fsp3) is 0.133. The van der Waals surface area contributed by atoms with Crippen LogP contribution in [-0.4, -0.2) is 13.0 Å². The first-order chi connectivity index (χ1) is 9.20. The lowest BCUT2D eigenvalue weighted by Crippen LogP contribution is -2.23. The monoisotopic (exact) mass is 274 g/mol. The molecule has 0 radical (unpaired) electrons. The van der Waals surface area contributed by atoms with E-state index in [1.807, 2.05) is 42.5 Å². The maximum atomic E-state index is 12.1. The van der Waals surface area contributed by atoms with Gasteiger partial charge in [-0.15, -0.1) is 0 Å². The van der Waals surface area contributed by atoms with Crippen LogP contribution in [0.25, 0.3) is 0 Å². The van der Waals surface area contributed by atoms with Gasteiger partial charge in [0.2, 0.25) is 0 Å². The lowest BCUT2D eigenvalue weighted by molar-refractivity contribution is 0.0951. The van der Waals surface area contributed by atoms with Crippen LogP contribution in [0.15, 0.2) is 48.5 Å². The van der Waals surface area contributed by atoms with Crippen LogP contribution in [0.5, 0.6) is 0 Å². The Balaban J connectivity index is 2.05. The maximum absolute atomic E-state index is 12.1. The molecule has 0 atom stereocenters. The molecule has 0 saturated carbocycles. The Morgan fingerprint density at radius 3 is 2.68 bits per heavy atom. The first-order valence-corrected chi connectivity index (χ1v) is 6.38. The molecule has 0 aliphatic carbocycles. The third kappa shape index (κ3) is 3.48. The molecule has 0 saturated heterocycles. The maximum Gasteiger partial charge on any atom is 0.253 e. The van der Waals surface area contributed by atoms with Gasteiger partial charge in [0.15, 0.2) is 0 Å². The predicted octanol–water partition coefficient (Wildman–Crippen LogP) is 3.31. The summed E-state index contributed by atoms with van der Waals surface area (Å²) in [6, 6.07) is 14.8. The molecule has 2 rings (SSSR count). The van der Waals surface area contributed by atoms with Crippen LogP contribution in [0, 0.1) is 0 Å².